The minimum Gasteiger partial charge on any atom is -0.372 e. The molecule has 39 heavy (non-hydrogen) atoms. The van der Waals surface area contributed by atoms with Gasteiger partial charge in [-0.3, -0.25) is 4.98 Å². The second-order valence-electron chi connectivity index (χ2n) is 9.69. The second kappa shape index (κ2) is 14.2. The zero-order valence-corrected chi connectivity index (χ0v) is 22.3. The summed E-state index contributed by atoms with van der Waals surface area (Å²) in [5.41, 5.74) is 10.6. The number of hydrogen-bond donors (Lipinski definition) is 2. The van der Waals surface area contributed by atoms with Gasteiger partial charge in [0.1, 0.15) is 0 Å². The summed E-state index contributed by atoms with van der Waals surface area (Å²) in [6, 6.07) is 27.7. The summed E-state index contributed by atoms with van der Waals surface area (Å²) in [4.78, 5) is 4.22. The lowest BCUT2D eigenvalue weighted by atomic mass is 9.89. The molecule has 0 radical (unpaired) electrons. The van der Waals surface area contributed by atoms with E-state index in [1.807, 2.05) is 32.6 Å². The van der Waals surface area contributed by atoms with E-state index in [2.05, 4.69) is 88.4 Å². The number of ether oxygens (including phenoxy) is 2. The van der Waals surface area contributed by atoms with E-state index in [4.69, 9.17) is 9.47 Å². The van der Waals surface area contributed by atoms with Crippen LogP contribution in [0.5, 0.6) is 0 Å². The van der Waals surface area contributed by atoms with Crippen LogP contribution >= 0.6 is 0 Å². The number of nitrogens with one attached hydrogen (secondary N) is 2. The van der Waals surface area contributed by atoms with E-state index in [1.165, 1.54) is 44.5 Å². The molecule has 2 aliphatic heterocycles. The molecule has 0 amide bonds. The van der Waals surface area contributed by atoms with Crippen molar-refractivity contribution in [3.63, 3.8) is 0 Å². The molecule has 2 N–H and O–H groups in total. The van der Waals surface area contributed by atoms with Crippen molar-refractivity contribution in [2.75, 3.05) is 40.4 Å². The van der Waals surface area contributed by atoms with E-state index in [1.54, 1.807) is 0 Å². The number of benzene rings is 3. The minimum atomic E-state index is 0. The van der Waals surface area contributed by atoms with Crippen molar-refractivity contribution in [2.45, 2.75) is 32.5 Å². The Balaban J connectivity index is 0.000000176. The van der Waals surface area contributed by atoms with Crippen molar-refractivity contribution in [2.24, 2.45) is 0 Å². The number of rotatable bonds is 6. The smallest absolute Gasteiger partial charge is 0.0952 e. The zero-order valence-electron chi connectivity index (χ0n) is 22.3. The van der Waals surface area contributed by atoms with Crippen LogP contribution in [0.3, 0.4) is 0 Å². The fraction of sp³-hybridized carbons (Fsp3) is 0.324. The number of fused-ring (bicyclic) bond motifs is 2. The number of hydrogen-bond acceptors (Lipinski definition) is 5. The Morgan fingerprint density at radius 2 is 1.21 bits per heavy atom. The Hall–Kier alpha value is -3.35. The van der Waals surface area contributed by atoms with Gasteiger partial charge in [0, 0.05) is 31.0 Å². The predicted octanol–water partition coefficient (Wildman–Crippen LogP) is 6.40. The van der Waals surface area contributed by atoms with Gasteiger partial charge >= 0.3 is 0 Å². The van der Waals surface area contributed by atoms with Crippen LogP contribution < -0.4 is 10.6 Å². The van der Waals surface area contributed by atoms with Gasteiger partial charge in [-0.1, -0.05) is 80.2 Å². The molecule has 2 atom stereocenters. The molecule has 4 aromatic rings. The van der Waals surface area contributed by atoms with Crippen molar-refractivity contribution in [1.29, 1.82) is 0 Å². The first-order valence-electron chi connectivity index (χ1n) is 13.5. The van der Waals surface area contributed by atoms with Crippen LogP contribution in [-0.2, 0) is 22.3 Å². The average molecular weight is 524 g/mol. The maximum atomic E-state index is 5.87. The molecular weight excluding hydrogens is 482 g/mol. The van der Waals surface area contributed by atoms with Crippen molar-refractivity contribution in [3.8, 4) is 22.3 Å². The van der Waals surface area contributed by atoms with E-state index >= 15 is 0 Å². The third kappa shape index (κ3) is 6.63. The summed E-state index contributed by atoms with van der Waals surface area (Å²) in [5, 5.41) is 6.41. The van der Waals surface area contributed by atoms with Gasteiger partial charge in [0.25, 0.3) is 0 Å². The molecule has 3 aromatic carbocycles. The van der Waals surface area contributed by atoms with E-state index < -0.39 is 0 Å². The third-order valence-electron chi connectivity index (χ3n) is 7.30. The highest BCUT2D eigenvalue weighted by Crippen LogP contribution is 2.35. The number of nitrogens with zero attached hydrogens (tertiary/aromatic N) is 1. The quantitative estimate of drug-likeness (QED) is 0.306. The lowest BCUT2D eigenvalue weighted by Gasteiger charge is -2.28. The van der Waals surface area contributed by atoms with Crippen LogP contribution in [0.25, 0.3) is 22.3 Å². The molecule has 204 valence electrons. The molecule has 0 spiro atoms. The van der Waals surface area contributed by atoms with E-state index in [0.717, 1.165) is 39.1 Å². The molecule has 0 saturated heterocycles. The summed E-state index contributed by atoms with van der Waals surface area (Å²) in [5.74, 6) is 0. The molecule has 2 aliphatic rings. The highest BCUT2D eigenvalue weighted by molar-refractivity contribution is 5.70. The minimum absolute atomic E-state index is 0. The van der Waals surface area contributed by atoms with Crippen LogP contribution in [0.2, 0.25) is 0 Å². The number of pyridine rings is 1. The lowest BCUT2D eigenvalue weighted by molar-refractivity contribution is 0.0439. The van der Waals surface area contributed by atoms with Gasteiger partial charge in [-0.05, 0) is 71.9 Å². The van der Waals surface area contributed by atoms with Crippen molar-refractivity contribution < 1.29 is 9.47 Å². The van der Waals surface area contributed by atoms with E-state index in [-0.39, 0.29) is 19.6 Å². The molecule has 5 nitrogen and oxygen atoms in total. The van der Waals surface area contributed by atoms with Gasteiger partial charge in [-0.2, -0.15) is 0 Å². The molecule has 0 fully saturated rings. The molecule has 3 heterocycles. The van der Waals surface area contributed by atoms with Crippen LogP contribution in [-0.4, -0.2) is 45.4 Å². The van der Waals surface area contributed by atoms with Gasteiger partial charge in [-0.15, -0.1) is 0 Å². The van der Waals surface area contributed by atoms with E-state index in [0.29, 0.717) is 0 Å². The first-order chi connectivity index (χ1) is 18.8. The standard InChI is InChI=1S/C17H19NO.C16H18N2O.CH4/c1-18-12-17-16-9-5-8-14(15(16)10-11-19-17)13-6-3-2-4-7-13;1-17-11-16-15-6-2-5-13(14(15)7-9-19-16)12-4-3-8-18-10-12;/h2-9,17-18H,10-12H2,1H3;2-6,8,10,16-17H,7,9,11H2,1H3;1H4/t17-;16-;/m10./s1. The Labute approximate surface area is 233 Å². The molecule has 5 heteroatoms. The maximum absolute atomic E-state index is 5.87. The number of likely N-dealkylation sites (N-methyl/N-ethyl adjacent to an activating group) is 2. The second-order valence-corrected chi connectivity index (χ2v) is 9.69. The third-order valence-corrected chi connectivity index (χ3v) is 7.30. The van der Waals surface area contributed by atoms with Crippen LogP contribution in [0.1, 0.15) is 41.9 Å². The largest absolute Gasteiger partial charge is 0.372 e. The molecule has 1 aromatic heterocycles. The fourth-order valence-corrected chi connectivity index (χ4v) is 5.55. The monoisotopic (exact) mass is 523 g/mol. The van der Waals surface area contributed by atoms with Crippen molar-refractivity contribution >= 4 is 0 Å². The summed E-state index contributed by atoms with van der Waals surface area (Å²) in [7, 11) is 3.93. The Kier molecular flexibility index (Phi) is 10.4. The fourth-order valence-electron chi connectivity index (χ4n) is 5.55. The maximum Gasteiger partial charge on any atom is 0.0952 e. The predicted molar refractivity (Wildman–Crippen MR) is 161 cm³/mol. The van der Waals surface area contributed by atoms with Gasteiger partial charge in [0.2, 0.25) is 0 Å². The van der Waals surface area contributed by atoms with Crippen LogP contribution in [0, 0.1) is 0 Å². The average Bonchev–Trinajstić information content (AvgIpc) is 2.98. The highest BCUT2D eigenvalue weighted by Gasteiger charge is 2.23. The Bertz CT molecular complexity index is 1210. The van der Waals surface area contributed by atoms with Gasteiger partial charge in [0.05, 0.1) is 25.4 Å². The normalized spacial score (nSPS) is 17.6. The van der Waals surface area contributed by atoms with Gasteiger partial charge in [-0.25, -0.2) is 0 Å². The first kappa shape index (κ1) is 28.7. The summed E-state index contributed by atoms with van der Waals surface area (Å²) < 4.78 is 11.7. The molecule has 0 unspecified atom stereocenters. The molecule has 6 rings (SSSR count). The topological polar surface area (TPSA) is 55.4 Å². The Morgan fingerprint density at radius 3 is 1.72 bits per heavy atom. The highest BCUT2D eigenvalue weighted by atomic mass is 16.5. The summed E-state index contributed by atoms with van der Waals surface area (Å²) >= 11 is 0. The zero-order chi connectivity index (χ0) is 26.2. The Morgan fingerprint density at radius 1 is 0.667 bits per heavy atom. The summed E-state index contributed by atoms with van der Waals surface area (Å²) in [6.45, 7) is 3.31. The first-order valence-corrected chi connectivity index (χ1v) is 13.5. The van der Waals surface area contributed by atoms with Gasteiger partial charge < -0.3 is 20.1 Å². The molecule has 0 saturated carbocycles. The van der Waals surface area contributed by atoms with Gasteiger partial charge in [0.15, 0.2) is 0 Å². The van der Waals surface area contributed by atoms with Crippen molar-refractivity contribution in [3.05, 3.63) is 114 Å². The van der Waals surface area contributed by atoms with E-state index in [9.17, 15) is 0 Å². The number of aromatic nitrogens is 1. The molecule has 0 bridgehead atoms. The van der Waals surface area contributed by atoms with Crippen LogP contribution in [0.4, 0.5) is 0 Å². The van der Waals surface area contributed by atoms with Crippen molar-refractivity contribution in [1.82, 2.24) is 15.6 Å². The lowest BCUT2D eigenvalue weighted by Crippen LogP contribution is -2.25. The van der Waals surface area contributed by atoms with Crippen LogP contribution in [0.15, 0.2) is 91.3 Å². The molecular formula is C34H41N3O2. The SMILES string of the molecule is C.CNC[C@@H]1OCCc2c(-c3cccnc3)cccc21.CNC[C@H]1OCCc2c(-c3ccccc3)cccc21. The summed E-state index contributed by atoms with van der Waals surface area (Å²) in [6.07, 6.45) is 6.05. The molecule has 0 aliphatic carbocycles.